The monoisotopic (exact) mass is 155 g/mol. The van der Waals surface area contributed by atoms with Crippen molar-refractivity contribution in [3.63, 3.8) is 0 Å². The molecule has 0 aromatic carbocycles. The van der Waals surface area contributed by atoms with Crippen LogP contribution in [0.15, 0.2) is 4.99 Å². The minimum atomic E-state index is 1.17. The SMILES string of the molecule is CCCCCCCCC=NC. The molecule has 0 spiro atoms. The first-order chi connectivity index (χ1) is 5.41. The molecule has 66 valence electrons. The van der Waals surface area contributed by atoms with Crippen LogP contribution < -0.4 is 0 Å². The van der Waals surface area contributed by atoms with Crippen molar-refractivity contribution in [2.75, 3.05) is 7.05 Å². The summed E-state index contributed by atoms with van der Waals surface area (Å²) in [4.78, 5) is 3.94. The van der Waals surface area contributed by atoms with Crippen LogP contribution in [0.2, 0.25) is 0 Å². The minimum Gasteiger partial charge on any atom is -0.301 e. The Hall–Kier alpha value is -0.330. The molecule has 11 heavy (non-hydrogen) atoms. The Morgan fingerprint density at radius 1 is 1.00 bits per heavy atom. The second-order valence-corrected chi connectivity index (χ2v) is 3.00. The van der Waals surface area contributed by atoms with E-state index in [-0.39, 0.29) is 0 Å². The van der Waals surface area contributed by atoms with Crippen molar-refractivity contribution in [3.8, 4) is 0 Å². The largest absolute Gasteiger partial charge is 0.301 e. The standard InChI is InChI=1S/C10H21N/c1-3-4-5-6-7-8-9-10-11-2/h10H,3-9H2,1-2H3. The van der Waals surface area contributed by atoms with Crippen LogP contribution in [-0.4, -0.2) is 13.3 Å². The molecule has 0 saturated heterocycles. The summed E-state index contributed by atoms with van der Waals surface area (Å²) in [5.41, 5.74) is 0. The smallest absolute Gasteiger partial charge is 0.0273 e. The molecule has 1 heteroatoms. The summed E-state index contributed by atoms with van der Waals surface area (Å²) in [5, 5.41) is 0. The van der Waals surface area contributed by atoms with Crippen molar-refractivity contribution in [1.82, 2.24) is 0 Å². The maximum Gasteiger partial charge on any atom is 0.0273 e. The molecule has 0 unspecified atom stereocenters. The molecule has 1 nitrogen and oxygen atoms in total. The molecule has 0 rings (SSSR count). The first-order valence-electron chi connectivity index (χ1n) is 4.82. The topological polar surface area (TPSA) is 12.4 Å². The van der Waals surface area contributed by atoms with Gasteiger partial charge in [0.25, 0.3) is 0 Å². The lowest BCUT2D eigenvalue weighted by atomic mass is 10.1. The van der Waals surface area contributed by atoms with E-state index in [9.17, 15) is 0 Å². The van der Waals surface area contributed by atoms with Gasteiger partial charge in [0.1, 0.15) is 0 Å². The zero-order valence-electron chi connectivity index (χ0n) is 7.97. The lowest BCUT2D eigenvalue weighted by Crippen LogP contribution is -1.80. The van der Waals surface area contributed by atoms with E-state index in [1.54, 1.807) is 0 Å². The predicted octanol–water partition coefficient (Wildman–Crippen LogP) is 3.44. The highest BCUT2D eigenvalue weighted by atomic mass is 14.6. The van der Waals surface area contributed by atoms with Crippen LogP contribution in [0.4, 0.5) is 0 Å². The quantitative estimate of drug-likeness (QED) is 0.394. The molecule has 0 aliphatic heterocycles. The number of hydrogen-bond acceptors (Lipinski definition) is 1. The third kappa shape index (κ3) is 9.67. The average Bonchev–Trinajstić information content (AvgIpc) is 2.03. The zero-order valence-corrected chi connectivity index (χ0v) is 7.97. The van der Waals surface area contributed by atoms with Gasteiger partial charge in [0.05, 0.1) is 0 Å². The molecular formula is C10H21N. The van der Waals surface area contributed by atoms with Gasteiger partial charge in [-0.05, 0) is 19.1 Å². The van der Waals surface area contributed by atoms with Gasteiger partial charge < -0.3 is 4.99 Å². The second-order valence-electron chi connectivity index (χ2n) is 3.00. The van der Waals surface area contributed by atoms with Gasteiger partial charge in [-0.2, -0.15) is 0 Å². The molecule has 0 N–H and O–H groups in total. The summed E-state index contributed by atoms with van der Waals surface area (Å²) >= 11 is 0. The normalized spacial score (nSPS) is 11.1. The first kappa shape index (κ1) is 10.7. The second kappa shape index (κ2) is 9.67. The maximum absolute atomic E-state index is 3.94. The van der Waals surface area contributed by atoms with Crippen LogP contribution in [0.1, 0.15) is 51.9 Å². The molecule has 0 saturated carbocycles. The van der Waals surface area contributed by atoms with Crippen molar-refractivity contribution in [3.05, 3.63) is 0 Å². The molecule has 0 aromatic heterocycles. The van der Waals surface area contributed by atoms with E-state index in [1.165, 1.54) is 44.9 Å². The summed E-state index contributed by atoms with van der Waals surface area (Å²) in [5.74, 6) is 0. The van der Waals surface area contributed by atoms with E-state index in [1.807, 2.05) is 13.3 Å². The lowest BCUT2D eigenvalue weighted by Gasteiger charge is -1.96. The summed E-state index contributed by atoms with van der Waals surface area (Å²) in [7, 11) is 1.84. The Labute approximate surface area is 70.9 Å². The van der Waals surface area contributed by atoms with Crippen LogP contribution >= 0.6 is 0 Å². The van der Waals surface area contributed by atoms with Crippen molar-refractivity contribution in [2.45, 2.75) is 51.9 Å². The van der Waals surface area contributed by atoms with Gasteiger partial charge in [0.2, 0.25) is 0 Å². The van der Waals surface area contributed by atoms with Crippen LogP contribution in [-0.2, 0) is 0 Å². The van der Waals surface area contributed by atoms with Gasteiger partial charge in [-0.3, -0.25) is 0 Å². The lowest BCUT2D eigenvalue weighted by molar-refractivity contribution is 0.616. The molecule has 0 amide bonds. The first-order valence-corrected chi connectivity index (χ1v) is 4.82. The van der Waals surface area contributed by atoms with Gasteiger partial charge in [0, 0.05) is 7.05 Å². The fraction of sp³-hybridized carbons (Fsp3) is 0.900. The van der Waals surface area contributed by atoms with E-state index in [4.69, 9.17) is 0 Å². The van der Waals surface area contributed by atoms with Gasteiger partial charge in [0.15, 0.2) is 0 Å². The average molecular weight is 155 g/mol. The molecule has 0 bridgehead atoms. The fourth-order valence-corrected chi connectivity index (χ4v) is 1.15. The summed E-state index contributed by atoms with van der Waals surface area (Å²) in [6, 6.07) is 0. The third-order valence-electron chi connectivity index (χ3n) is 1.87. The Kier molecular flexibility index (Phi) is 9.38. The van der Waals surface area contributed by atoms with Crippen LogP contribution in [0.25, 0.3) is 0 Å². The van der Waals surface area contributed by atoms with Gasteiger partial charge in [-0.25, -0.2) is 0 Å². The Balaban J connectivity index is 2.79. The van der Waals surface area contributed by atoms with Crippen molar-refractivity contribution in [2.24, 2.45) is 4.99 Å². The third-order valence-corrected chi connectivity index (χ3v) is 1.87. The number of aliphatic imine (C=N–C) groups is 1. The molecule has 0 fully saturated rings. The number of rotatable bonds is 7. The van der Waals surface area contributed by atoms with Gasteiger partial charge >= 0.3 is 0 Å². The molecule has 0 aromatic rings. The van der Waals surface area contributed by atoms with Crippen molar-refractivity contribution < 1.29 is 0 Å². The van der Waals surface area contributed by atoms with E-state index in [0.717, 1.165) is 0 Å². The molecular weight excluding hydrogens is 134 g/mol. The summed E-state index contributed by atoms with van der Waals surface area (Å²) in [6.07, 6.45) is 11.5. The predicted molar refractivity (Wildman–Crippen MR) is 52.4 cm³/mol. The van der Waals surface area contributed by atoms with Crippen LogP contribution in [0, 0.1) is 0 Å². The molecule has 0 aliphatic carbocycles. The number of unbranched alkanes of at least 4 members (excludes halogenated alkanes) is 6. The van der Waals surface area contributed by atoms with Crippen LogP contribution in [0.5, 0.6) is 0 Å². The van der Waals surface area contributed by atoms with Gasteiger partial charge in [-0.1, -0.05) is 39.0 Å². The highest BCUT2D eigenvalue weighted by Crippen LogP contribution is 2.05. The number of nitrogens with zero attached hydrogens (tertiary/aromatic N) is 1. The van der Waals surface area contributed by atoms with Gasteiger partial charge in [-0.15, -0.1) is 0 Å². The molecule has 0 atom stereocenters. The van der Waals surface area contributed by atoms with Crippen LogP contribution in [0.3, 0.4) is 0 Å². The Morgan fingerprint density at radius 3 is 2.27 bits per heavy atom. The van der Waals surface area contributed by atoms with Crippen molar-refractivity contribution in [1.29, 1.82) is 0 Å². The zero-order chi connectivity index (χ0) is 8.36. The van der Waals surface area contributed by atoms with Crippen molar-refractivity contribution >= 4 is 6.21 Å². The van der Waals surface area contributed by atoms with E-state index in [2.05, 4.69) is 11.9 Å². The summed E-state index contributed by atoms with van der Waals surface area (Å²) < 4.78 is 0. The number of hydrogen-bond donors (Lipinski definition) is 0. The minimum absolute atomic E-state index is 1.17. The Bertz CT molecular complexity index is 86.9. The van der Waals surface area contributed by atoms with E-state index >= 15 is 0 Å². The highest BCUT2D eigenvalue weighted by Gasteiger charge is 1.87. The van der Waals surface area contributed by atoms with E-state index < -0.39 is 0 Å². The molecule has 0 aliphatic rings. The van der Waals surface area contributed by atoms with E-state index in [0.29, 0.717) is 0 Å². The maximum atomic E-state index is 3.94. The molecule has 0 radical (unpaired) electrons. The fourth-order valence-electron chi connectivity index (χ4n) is 1.15. The Morgan fingerprint density at radius 2 is 1.64 bits per heavy atom. The summed E-state index contributed by atoms with van der Waals surface area (Å²) in [6.45, 7) is 2.25. The molecule has 0 heterocycles. The highest BCUT2D eigenvalue weighted by molar-refractivity contribution is 5.56.